The van der Waals surface area contributed by atoms with Gasteiger partial charge < -0.3 is 9.66 Å². The monoisotopic (exact) mass is 189 g/mol. The van der Waals surface area contributed by atoms with E-state index < -0.39 is 11.1 Å². The lowest BCUT2D eigenvalue weighted by Gasteiger charge is -1.82. The van der Waals surface area contributed by atoms with Gasteiger partial charge >= 0.3 is 0 Å². The smallest absolute Gasteiger partial charge is 0.295 e. The van der Waals surface area contributed by atoms with Crippen LogP contribution in [0.5, 0.6) is 5.88 Å². The van der Waals surface area contributed by atoms with E-state index in [1.165, 1.54) is 0 Å². The minimum Gasteiger partial charge on any atom is -0.546 e. The summed E-state index contributed by atoms with van der Waals surface area (Å²) in [6.45, 7) is 0. The van der Waals surface area contributed by atoms with Crippen molar-refractivity contribution < 1.29 is 9.66 Å². The molecule has 1 heterocycles. The number of nitriles is 1. The molecule has 11 heavy (non-hydrogen) atoms. The average molecular weight is 189 g/mol. The molecule has 1 aromatic rings. The van der Waals surface area contributed by atoms with Crippen molar-refractivity contribution in [3.8, 4) is 11.3 Å². The molecule has 0 saturated carbocycles. The molecule has 0 fully saturated rings. The van der Waals surface area contributed by atoms with Crippen molar-refractivity contribution in [1.82, 2.24) is 8.75 Å². The number of aromatic hydroxyl groups is 1. The number of thiocyanates is 1. The zero-order valence-electron chi connectivity index (χ0n) is 5.22. The number of thioether (sulfide) groups is 1. The molecule has 1 atom stereocenters. The maximum Gasteiger partial charge on any atom is 0.295 e. The zero-order chi connectivity index (χ0) is 8.27. The summed E-state index contributed by atoms with van der Waals surface area (Å²) in [6.07, 6.45) is 0. The highest BCUT2D eigenvalue weighted by molar-refractivity contribution is 8.02. The zero-order valence-corrected chi connectivity index (χ0v) is 6.85. The molecule has 1 unspecified atom stereocenters. The first-order chi connectivity index (χ1) is 5.24. The number of hydrogen-bond acceptors (Lipinski definition) is 6. The van der Waals surface area contributed by atoms with Crippen LogP contribution in [0.1, 0.15) is 5.69 Å². The van der Waals surface area contributed by atoms with Gasteiger partial charge in [0.2, 0.25) is 0 Å². The van der Waals surface area contributed by atoms with Gasteiger partial charge in [-0.3, -0.25) is 0 Å². The molecular weight excluding hydrogens is 186 g/mol. The Labute approximate surface area is 69.8 Å². The topological polar surface area (TPSA) is 92.9 Å². The van der Waals surface area contributed by atoms with Gasteiger partial charge in [0.25, 0.3) is 5.88 Å². The molecule has 5 nitrogen and oxygen atoms in total. The summed E-state index contributed by atoms with van der Waals surface area (Å²) in [5.41, 5.74) is 0.217. The summed E-state index contributed by atoms with van der Waals surface area (Å²) in [6, 6.07) is 0. The lowest BCUT2D eigenvalue weighted by Crippen LogP contribution is -1.77. The van der Waals surface area contributed by atoms with Gasteiger partial charge in [-0.05, 0) is 16.1 Å². The molecule has 0 radical (unpaired) electrons. The Morgan fingerprint density at radius 3 is 2.91 bits per heavy atom. The van der Waals surface area contributed by atoms with Crippen LogP contribution in [0.3, 0.4) is 0 Å². The molecule has 0 aliphatic carbocycles. The first kappa shape index (κ1) is 8.26. The molecule has 0 saturated heterocycles. The number of rotatable bonds is 2. The van der Waals surface area contributed by atoms with Gasteiger partial charge in [0, 0.05) is 4.37 Å². The Morgan fingerprint density at radius 1 is 1.73 bits per heavy atom. The van der Waals surface area contributed by atoms with Crippen molar-refractivity contribution in [1.29, 1.82) is 5.26 Å². The van der Waals surface area contributed by atoms with E-state index in [-0.39, 0.29) is 17.3 Å². The second kappa shape index (κ2) is 3.52. The fraction of sp³-hybridized carbons (Fsp3) is 0.250. The Morgan fingerprint density at radius 2 is 2.45 bits per heavy atom. The van der Waals surface area contributed by atoms with Crippen molar-refractivity contribution in [2.45, 2.75) is 5.75 Å². The molecule has 0 aliphatic heterocycles. The predicted molar refractivity (Wildman–Crippen MR) is 39.3 cm³/mol. The lowest BCUT2D eigenvalue weighted by atomic mass is 10.5. The molecule has 0 aromatic carbocycles. The van der Waals surface area contributed by atoms with Gasteiger partial charge in [0.05, 0.1) is 5.75 Å². The van der Waals surface area contributed by atoms with Crippen molar-refractivity contribution in [2.75, 3.05) is 0 Å². The molecule has 1 N–H and O–H groups in total. The maximum atomic E-state index is 10.5. The van der Waals surface area contributed by atoms with Crippen molar-refractivity contribution in [2.24, 2.45) is 0 Å². The molecular formula is C4H3N3O2S2. The summed E-state index contributed by atoms with van der Waals surface area (Å²) in [4.78, 5) is 0. The highest BCUT2D eigenvalue weighted by atomic mass is 32.2. The van der Waals surface area contributed by atoms with Gasteiger partial charge in [0.15, 0.2) is 16.8 Å². The van der Waals surface area contributed by atoms with Gasteiger partial charge in [-0.1, -0.05) is 0 Å². The molecule has 1 aromatic heterocycles. The third-order valence-corrected chi connectivity index (χ3v) is 2.14. The number of nitrogens with zero attached hydrogens (tertiary/aromatic N) is 3. The van der Waals surface area contributed by atoms with Crippen LogP contribution >= 0.6 is 22.9 Å². The Balaban J connectivity index is 2.71. The Kier molecular flexibility index (Phi) is 2.64. The predicted octanol–water partition coefficient (Wildman–Crippen LogP) is 0.624. The highest BCUT2D eigenvalue weighted by Crippen LogP contribution is 2.21. The van der Waals surface area contributed by atoms with Crippen LogP contribution in [0.2, 0.25) is 0 Å². The molecule has 0 aliphatic rings. The first-order valence-corrected chi connectivity index (χ1v) is 4.57. The van der Waals surface area contributed by atoms with E-state index in [0.29, 0.717) is 0 Å². The largest absolute Gasteiger partial charge is 0.546 e. The summed E-state index contributed by atoms with van der Waals surface area (Å²) in [5.74, 6) is -0.108. The second-order valence-electron chi connectivity index (χ2n) is 1.56. The molecule has 7 heteroatoms. The van der Waals surface area contributed by atoms with Crippen LogP contribution in [0.25, 0.3) is 0 Å². The van der Waals surface area contributed by atoms with Crippen molar-refractivity contribution in [3.63, 3.8) is 0 Å². The van der Waals surface area contributed by atoms with E-state index in [1.54, 1.807) is 5.40 Å². The summed E-state index contributed by atoms with van der Waals surface area (Å²) < 4.78 is 17.2. The fourth-order valence-electron chi connectivity index (χ4n) is 0.474. The lowest BCUT2D eigenvalue weighted by molar-refractivity contribution is 0.452. The van der Waals surface area contributed by atoms with Gasteiger partial charge in [-0.25, -0.2) is 0 Å². The van der Waals surface area contributed by atoms with Crippen LogP contribution < -0.4 is 0 Å². The Hall–Kier alpha value is -0.840. The quantitative estimate of drug-likeness (QED) is 0.541. The van der Waals surface area contributed by atoms with E-state index >= 15 is 0 Å². The van der Waals surface area contributed by atoms with Gasteiger partial charge in [0.1, 0.15) is 5.40 Å². The van der Waals surface area contributed by atoms with E-state index in [0.717, 1.165) is 11.8 Å². The molecule has 0 bridgehead atoms. The van der Waals surface area contributed by atoms with E-state index in [4.69, 9.17) is 10.4 Å². The number of hydrogen-bond donors (Lipinski definition) is 1. The summed E-state index contributed by atoms with van der Waals surface area (Å²) in [5, 5.41) is 18.8. The Bertz CT molecular complexity index is 292. The normalized spacial score (nSPS) is 11.1. The third-order valence-electron chi connectivity index (χ3n) is 0.884. The van der Waals surface area contributed by atoms with Crippen LogP contribution in [0, 0.1) is 10.7 Å². The fourth-order valence-corrected chi connectivity index (χ4v) is 1.58. The minimum absolute atomic E-state index is 0.217. The standard InChI is InChI=1S/C4H3N3O2S2/c5-2-10-1-3-4(8)7-11(9)6-3/h1H2,(H,7,8). The molecule has 1 rings (SSSR count). The second-order valence-corrected chi connectivity index (χ2v) is 3.15. The highest BCUT2D eigenvalue weighted by Gasteiger charge is 2.13. The average Bonchev–Trinajstić information content (AvgIpc) is 2.26. The van der Waals surface area contributed by atoms with Gasteiger partial charge in [-0.2, -0.15) is 5.26 Å². The minimum atomic E-state index is -1.68. The van der Waals surface area contributed by atoms with Crippen LogP contribution in [-0.2, 0) is 5.75 Å². The maximum absolute atomic E-state index is 10.5. The van der Waals surface area contributed by atoms with E-state index in [2.05, 4.69) is 8.75 Å². The summed E-state index contributed by atoms with van der Waals surface area (Å²) in [7, 11) is 0. The SMILES string of the molecule is N#CSCc1n[s+]([O-])nc1O. The van der Waals surface area contributed by atoms with E-state index in [1.807, 2.05) is 0 Å². The van der Waals surface area contributed by atoms with Crippen LogP contribution in [0.15, 0.2) is 0 Å². The summed E-state index contributed by atoms with van der Waals surface area (Å²) >= 11 is -0.773. The van der Waals surface area contributed by atoms with Crippen molar-refractivity contribution in [3.05, 3.63) is 5.69 Å². The third kappa shape index (κ3) is 2.04. The number of aromatic nitrogens is 2. The molecule has 0 spiro atoms. The van der Waals surface area contributed by atoms with Crippen LogP contribution in [-0.4, -0.2) is 18.4 Å². The van der Waals surface area contributed by atoms with E-state index in [9.17, 15) is 4.55 Å². The van der Waals surface area contributed by atoms with Crippen LogP contribution in [0.4, 0.5) is 0 Å². The van der Waals surface area contributed by atoms with Crippen molar-refractivity contribution >= 4 is 22.9 Å². The molecule has 58 valence electrons. The first-order valence-electron chi connectivity index (χ1n) is 2.52. The molecule has 0 amide bonds. The van der Waals surface area contributed by atoms with Gasteiger partial charge in [-0.15, -0.1) is 0 Å².